The second-order valence-corrected chi connectivity index (χ2v) is 7.25. The molecule has 3 N–H and O–H groups in total. The van der Waals surface area contributed by atoms with Crippen LogP contribution in [0.5, 0.6) is 11.5 Å². The molecule has 7 nitrogen and oxygen atoms in total. The standard InChI is InChI=1S/C24H22N2O5/c1-14(24(28)29)31-20-12-16(30-2)11-19-22(20)21-17(23(25)27)9-6-10-18(21)26(19)13-15-7-4-3-5-8-15/h3-12,14H,13H2,1-2H3,(H2,25,27)(H,28,29). The third-order valence-electron chi connectivity index (χ3n) is 5.27. The molecule has 0 bridgehead atoms. The Morgan fingerprint density at radius 1 is 1.03 bits per heavy atom. The van der Waals surface area contributed by atoms with Crippen molar-refractivity contribution in [2.45, 2.75) is 19.6 Å². The average Bonchev–Trinajstić information content (AvgIpc) is 3.08. The van der Waals surface area contributed by atoms with E-state index in [-0.39, 0.29) is 0 Å². The number of nitrogens with two attached hydrogens (primary N) is 1. The molecule has 1 unspecified atom stereocenters. The van der Waals surface area contributed by atoms with Crippen LogP contribution in [0.25, 0.3) is 21.8 Å². The van der Waals surface area contributed by atoms with Gasteiger partial charge in [0.1, 0.15) is 11.5 Å². The molecular weight excluding hydrogens is 396 g/mol. The second kappa shape index (κ2) is 8.02. The van der Waals surface area contributed by atoms with Crippen LogP contribution in [-0.2, 0) is 11.3 Å². The van der Waals surface area contributed by atoms with E-state index in [1.54, 1.807) is 18.2 Å². The van der Waals surface area contributed by atoms with E-state index in [1.165, 1.54) is 14.0 Å². The molecule has 3 aromatic carbocycles. The first kappa shape index (κ1) is 20.3. The molecule has 31 heavy (non-hydrogen) atoms. The number of carbonyl (C=O) groups excluding carboxylic acids is 1. The van der Waals surface area contributed by atoms with Crippen molar-refractivity contribution in [3.63, 3.8) is 0 Å². The number of aromatic nitrogens is 1. The number of carboxylic acid groups (broad SMARTS) is 1. The minimum absolute atomic E-state index is 0.315. The number of fused-ring (bicyclic) bond motifs is 3. The first-order valence-electron chi connectivity index (χ1n) is 9.77. The van der Waals surface area contributed by atoms with Gasteiger partial charge in [0.25, 0.3) is 0 Å². The molecule has 1 aromatic heterocycles. The molecule has 1 heterocycles. The van der Waals surface area contributed by atoms with Crippen molar-refractivity contribution in [3.8, 4) is 11.5 Å². The van der Waals surface area contributed by atoms with Crippen molar-refractivity contribution in [2.75, 3.05) is 7.11 Å². The Kier molecular flexibility index (Phi) is 5.25. The Morgan fingerprint density at radius 3 is 2.42 bits per heavy atom. The molecule has 0 saturated heterocycles. The molecule has 7 heteroatoms. The fraction of sp³-hybridized carbons (Fsp3) is 0.167. The monoisotopic (exact) mass is 418 g/mol. The van der Waals surface area contributed by atoms with Gasteiger partial charge in [0, 0.05) is 29.6 Å². The molecule has 0 radical (unpaired) electrons. The van der Waals surface area contributed by atoms with E-state index >= 15 is 0 Å². The lowest BCUT2D eigenvalue weighted by atomic mass is 10.0. The van der Waals surface area contributed by atoms with Gasteiger partial charge in [-0.15, -0.1) is 0 Å². The van der Waals surface area contributed by atoms with Crippen LogP contribution in [0.3, 0.4) is 0 Å². The largest absolute Gasteiger partial charge is 0.497 e. The molecular formula is C24H22N2O5. The lowest BCUT2D eigenvalue weighted by Crippen LogP contribution is -2.23. The van der Waals surface area contributed by atoms with Crippen molar-refractivity contribution in [1.29, 1.82) is 0 Å². The second-order valence-electron chi connectivity index (χ2n) is 7.25. The number of carbonyl (C=O) groups is 2. The molecule has 0 aliphatic heterocycles. The first-order chi connectivity index (χ1) is 14.9. The number of nitrogens with zero attached hydrogens (tertiary/aromatic N) is 1. The number of ether oxygens (including phenoxy) is 2. The lowest BCUT2D eigenvalue weighted by Gasteiger charge is -2.14. The summed E-state index contributed by atoms with van der Waals surface area (Å²) < 4.78 is 13.3. The van der Waals surface area contributed by atoms with E-state index in [4.69, 9.17) is 15.2 Å². The highest BCUT2D eigenvalue weighted by Crippen LogP contribution is 2.41. The summed E-state index contributed by atoms with van der Waals surface area (Å²) in [4.78, 5) is 23.7. The third-order valence-corrected chi connectivity index (χ3v) is 5.27. The molecule has 4 rings (SSSR count). The minimum Gasteiger partial charge on any atom is -0.497 e. The molecule has 0 fully saturated rings. The number of carboxylic acids is 1. The van der Waals surface area contributed by atoms with Crippen molar-refractivity contribution in [3.05, 3.63) is 71.8 Å². The average molecular weight is 418 g/mol. The van der Waals surface area contributed by atoms with Crippen LogP contribution >= 0.6 is 0 Å². The van der Waals surface area contributed by atoms with Crippen LogP contribution in [0.4, 0.5) is 0 Å². The number of hydrogen-bond donors (Lipinski definition) is 2. The fourth-order valence-corrected chi connectivity index (χ4v) is 3.79. The van der Waals surface area contributed by atoms with E-state index in [9.17, 15) is 14.7 Å². The number of methoxy groups -OCH3 is 1. The Labute approximate surface area is 178 Å². The minimum atomic E-state index is -1.10. The summed E-state index contributed by atoms with van der Waals surface area (Å²) in [5.41, 5.74) is 8.62. The number of aliphatic carboxylic acids is 1. The summed E-state index contributed by atoms with van der Waals surface area (Å²) in [5.74, 6) is -0.843. The van der Waals surface area contributed by atoms with E-state index in [0.29, 0.717) is 34.4 Å². The number of rotatable bonds is 7. The number of benzene rings is 3. The molecule has 4 aromatic rings. The Morgan fingerprint density at radius 2 is 1.77 bits per heavy atom. The van der Waals surface area contributed by atoms with Gasteiger partial charge < -0.3 is 24.9 Å². The normalized spacial score (nSPS) is 12.1. The van der Waals surface area contributed by atoms with Gasteiger partial charge in [-0.25, -0.2) is 4.79 Å². The maximum absolute atomic E-state index is 12.2. The maximum Gasteiger partial charge on any atom is 0.344 e. The molecule has 0 saturated carbocycles. The Hall–Kier alpha value is -4.00. The van der Waals surface area contributed by atoms with E-state index in [2.05, 4.69) is 0 Å². The third kappa shape index (κ3) is 3.66. The smallest absolute Gasteiger partial charge is 0.344 e. The van der Waals surface area contributed by atoms with Gasteiger partial charge in [0.05, 0.1) is 23.5 Å². The van der Waals surface area contributed by atoms with Gasteiger partial charge in [0.15, 0.2) is 6.10 Å². The van der Waals surface area contributed by atoms with Gasteiger partial charge in [0.2, 0.25) is 5.91 Å². The van der Waals surface area contributed by atoms with Crippen molar-refractivity contribution >= 4 is 33.7 Å². The van der Waals surface area contributed by atoms with Gasteiger partial charge >= 0.3 is 5.97 Å². The summed E-state index contributed by atoms with van der Waals surface area (Å²) in [5, 5.41) is 10.6. The van der Waals surface area contributed by atoms with Crippen LogP contribution in [0.15, 0.2) is 60.7 Å². The van der Waals surface area contributed by atoms with Gasteiger partial charge in [-0.1, -0.05) is 36.4 Å². The zero-order chi connectivity index (χ0) is 22.1. The summed E-state index contributed by atoms with van der Waals surface area (Å²) in [6, 6.07) is 18.7. The van der Waals surface area contributed by atoms with Crippen molar-refractivity contribution in [1.82, 2.24) is 4.57 Å². The molecule has 1 amide bonds. The quantitative estimate of drug-likeness (QED) is 0.475. The highest BCUT2D eigenvalue weighted by Gasteiger charge is 2.23. The van der Waals surface area contributed by atoms with Crippen LogP contribution < -0.4 is 15.2 Å². The van der Waals surface area contributed by atoms with Crippen molar-refractivity contribution < 1.29 is 24.2 Å². The molecule has 1 atom stereocenters. The lowest BCUT2D eigenvalue weighted by molar-refractivity contribution is -0.144. The highest BCUT2D eigenvalue weighted by atomic mass is 16.5. The summed E-state index contributed by atoms with van der Waals surface area (Å²) in [7, 11) is 1.53. The van der Waals surface area contributed by atoms with E-state index in [0.717, 1.165) is 16.6 Å². The number of hydrogen-bond acceptors (Lipinski definition) is 4. The maximum atomic E-state index is 12.2. The predicted octanol–water partition coefficient (Wildman–Crippen LogP) is 3.80. The first-order valence-corrected chi connectivity index (χ1v) is 9.77. The fourth-order valence-electron chi connectivity index (χ4n) is 3.79. The SMILES string of the molecule is COc1cc(OC(C)C(=O)O)c2c3c(C(N)=O)cccc3n(Cc3ccccc3)c2c1. The molecule has 0 aliphatic carbocycles. The van der Waals surface area contributed by atoms with Crippen molar-refractivity contribution in [2.24, 2.45) is 5.73 Å². The Balaban J connectivity index is 2.09. The summed E-state index contributed by atoms with van der Waals surface area (Å²) in [6.45, 7) is 1.98. The van der Waals surface area contributed by atoms with E-state index in [1.807, 2.05) is 47.0 Å². The van der Waals surface area contributed by atoms with Gasteiger partial charge in [-0.3, -0.25) is 4.79 Å². The highest BCUT2D eigenvalue weighted by molar-refractivity contribution is 6.20. The zero-order valence-electron chi connectivity index (χ0n) is 17.2. The number of amides is 1. The molecule has 0 spiro atoms. The topological polar surface area (TPSA) is 104 Å². The van der Waals surface area contributed by atoms with Crippen LogP contribution in [0.2, 0.25) is 0 Å². The zero-order valence-corrected chi connectivity index (χ0v) is 17.2. The van der Waals surface area contributed by atoms with Gasteiger partial charge in [-0.05, 0) is 24.6 Å². The molecule has 0 aliphatic rings. The predicted molar refractivity (Wildman–Crippen MR) is 118 cm³/mol. The Bertz CT molecular complexity index is 1290. The summed E-state index contributed by atoms with van der Waals surface area (Å²) in [6.07, 6.45) is -1.09. The van der Waals surface area contributed by atoms with E-state index < -0.39 is 18.0 Å². The molecule has 158 valence electrons. The van der Waals surface area contributed by atoms with Gasteiger partial charge in [-0.2, -0.15) is 0 Å². The van der Waals surface area contributed by atoms with Crippen LogP contribution in [-0.4, -0.2) is 34.8 Å². The summed E-state index contributed by atoms with van der Waals surface area (Å²) >= 11 is 0. The van der Waals surface area contributed by atoms with Crippen LogP contribution in [0, 0.1) is 0 Å². The van der Waals surface area contributed by atoms with Crippen LogP contribution in [0.1, 0.15) is 22.8 Å². The number of primary amides is 1.